The summed E-state index contributed by atoms with van der Waals surface area (Å²) in [6.45, 7) is 4.95. The van der Waals surface area contributed by atoms with Crippen LogP contribution >= 0.6 is 0 Å². The number of piperidine rings is 1. The highest BCUT2D eigenvalue weighted by atomic mass is 16.5. The molecular weight excluding hydrogens is 232 g/mol. The van der Waals surface area contributed by atoms with Crippen molar-refractivity contribution in [3.05, 3.63) is 0 Å². The van der Waals surface area contributed by atoms with Gasteiger partial charge in [0.25, 0.3) is 0 Å². The van der Waals surface area contributed by atoms with Crippen LogP contribution in [-0.4, -0.2) is 61.4 Å². The Morgan fingerprint density at radius 1 is 1.33 bits per heavy atom. The van der Waals surface area contributed by atoms with Gasteiger partial charge in [-0.05, 0) is 31.8 Å². The van der Waals surface area contributed by atoms with Gasteiger partial charge >= 0.3 is 0 Å². The Balaban J connectivity index is 1.71. The number of rotatable bonds is 5. The van der Waals surface area contributed by atoms with Crippen LogP contribution in [0, 0.1) is 5.92 Å². The molecule has 0 bridgehead atoms. The number of amides is 1. The van der Waals surface area contributed by atoms with E-state index in [1.54, 1.807) is 0 Å². The predicted molar refractivity (Wildman–Crippen MR) is 68.2 cm³/mol. The Hall–Kier alpha value is -0.650. The van der Waals surface area contributed by atoms with Crippen LogP contribution in [0.25, 0.3) is 0 Å². The minimum Gasteiger partial charge on any atom is -0.388 e. The molecule has 0 aromatic carbocycles. The average molecular weight is 256 g/mol. The third-order valence-electron chi connectivity index (χ3n) is 4.14. The van der Waals surface area contributed by atoms with Gasteiger partial charge in [0, 0.05) is 39.1 Å². The van der Waals surface area contributed by atoms with Crippen molar-refractivity contribution >= 4 is 6.41 Å². The quantitative estimate of drug-likeness (QED) is 0.679. The zero-order valence-electron chi connectivity index (χ0n) is 10.9. The summed E-state index contributed by atoms with van der Waals surface area (Å²) in [6, 6.07) is 0. The molecule has 2 N–H and O–H groups in total. The van der Waals surface area contributed by atoms with Crippen LogP contribution in [0.3, 0.4) is 0 Å². The zero-order valence-corrected chi connectivity index (χ0v) is 10.9. The largest absolute Gasteiger partial charge is 0.388 e. The molecule has 2 heterocycles. The van der Waals surface area contributed by atoms with Crippen molar-refractivity contribution in [2.24, 2.45) is 5.92 Å². The van der Waals surface area contributed by atoms with Gasteiger partial charge in [0.1, 0.15) is 0 Å². The van der Waals surface area contributed by atoms with Crippen LogP contribution in [0.5, 0.6) is 0 Å². The van der Waals surface area contributed by atoms with Gasteiger partial charge in [-0.25, -0.2) is 0 Å². The van der Waals surface area contributed by atoms with Crippen molar-refractivity contribution in [2.45, 2.75) is 31.3 Å². The highest BCUT2D eigenvalue weighted by Crippen LogP contribution is 2.24. The van der Waals surface area contributed by atoms with E-state index in [9.17, 15) is 9.90 Å². The van der Waals surface area contributed by atoms with E-state index in [1.165, 1.54) is 0 Å². The molecule has 2 saturated heterocycles. The molecule has 0 aromatic heterocycles. The zero-order chi connectivity index (χ0) is 12.8. The molecule has 1 amide bonds. The summed E-state index contributed by atoms with van der Waals surface area (Å²) >= 11 is 0. The highest BCUT2D eigenvalue weighted by molar-refractivity contribution is 5.45. The lowest BCUT2D eigenvalue weighted by Gasteiger charge is -2.39. The first-order valence-corrected chi connectivity index (χ1v) is 6.91. The number of likely N-dealkylation sites (tertiary alicyclic amines) is 1. The monoisotopic (exact) mass is 256 g/mol. The molecule has 0 spiro atoms. The first kappa shape index (κ1) is 13.8. The summed E-state index contributed by atoms with van der Waals surface area (Å²) in [5, 5.41) is 13.2. The maximum Gasteiger partial charge on any atom is 0.207 e. The molecule has 0 saturated carbocycles. The number of aliphatic hydroxyl groups is 1. The van der Waals surface area contributed by atoms with Crippen LogP contribution in [-0.2, 0) is 9.53 Å². The van der Waals surface area contributed by atoms with Gasteiger partial charge in [0.15, 0.2) is 0 Å². The Labute approximate surface area is 108 Å². The van der Waals surface area contributed by atoms with Gasteiger partial charge in [-0.15, -0.1) is 0 Å². The number of hydrogen-bond acceptors (Lipinski definition) is 4. The van der Waals surface area contributed by atoms with Crippen LogP contribution in [0.2, 0.25) is 0 Å². The SMILES string of the molecule is O=CNCC1CCN(CC2(O)CCOCC2)CC1. The van der Waals surface area contributed by atoms with Gasteiger partial charge in [0.05, 0.1) is 5.60 Å². The second-order valence-corrected chi connectivity index (χ2v) is 5.58. The third kappa shape index (κ3) is 3.93. The van der Waals surface area contributed by atoms with E-state index in [2.05, 4.69) is 10.2 Å². The minimum absolute atomic E-state index is 0.549. The molecule has 2 rings (SSSR count). The Bertz CT molecular complexity index is 259. The highest BCUT2D eigenvalue weighted by Gasteiger charge is 2.33. The van der Waals surface area contributed by atoms with Crippen LogP contribution < -0.4 is 5.32 Å². The predicted octanol–water partition coefficient (Wildman–Crippen LogP) is -0.0141. The van der Waals surface area contributed by atoms with Gasteiger partial charge in [-0.2, -0.15) is 0 Å². The normalized spacial score (nSPS) is 25.8. The van der Waals surface area contributed by atoms with Crippen molar-refractivity contribution in [2.75, 3.05) is 39.4 Å². The summed E-state index contributed by atoms with van der Waals surface area (Å²) in [7, 11) is 0. The molecule has 0 unspecified atom stereocenters. The van der Waals surface area contributed by atoms with E-state index in [-0.39, 0.29) is 0 Å². The number of carbonyl (C=O) groups excluding carboxylic acids is 1. The molecule has 2 fully saturated rings. The molecular formula is C13H24N2O3. The molecule has 0 aliphatic carbocycles. The Morgan fingerprint density at radius 2 is 2.00 bits per heavy atom. The van der Waals surface area contributed by atoms with E-state index in [0.717, 1.165) is 58.3 Å². The van der Waals surface area contributed by atoms with Crippen molar-refractivity contribution in [3.63, 3.8) is 0 Å². The summed E-state index contributed by atoms with van der Waals surface area (Å²) in [4.78, 5) is 12.6. The van der Waals surface area contributed by atoms with E-state index < -0.39 is 5.60 Å². The number of β-amino-alcohol motifs (C(OH)–C–C–N with tert-alkyl or cyclic N) is 1. The topological polar surface area (TPSA) is 61.8 Å². The number of hydrogen-bond donors (Lipinski definition) is 2. The van der Waals surface area contributed by atoms with Crippen molar-refractivity contribution < 1.29 is 14.6 Å². The lowest BCUT2D eigenvalue weighted by atomic mass is 9.91. The van der Waals surface area contributed by atoms with E-state index in [4.69, 9.17) is 4.74 Å². The molecule has 18 heavy (non-hydrogen) atoms. The fourth-order valence-electron chi connectivity index (χ4n) is 2.89. The molecule has 2 aliphatic rings. The van der Waals surface area contributed by atoms with Crippen molar-refractivity contribution in [1.82, 2.24) is 10.2 Å². The molecule has 104 valence electrons. The number of nitrogens with zero attached hydrogens (tertiary/aromatic N) is 1. The summed E-state index contributed by atoms with van der Waals surface area (Å²) in [5.74, 6) is 0.593. The van der Waals surface area contributed by atoms with Crippen LogP contribution in [0.4, 0.5) is 0 Å². The summed E-state index contributed by atoms with van der Waals surface area (Å²) in [5.41, 5.74) is -0.549. The molecule has 5 heteroatoms. The lowest BCUT2D eigenvalue weighted by Crippen LogP contribution is -2.49. The van der Waals surface area contributed by atoms with Gasteiger partial charge in [-0.1, -0.05) is 0 Å². The van der Waals surface area contributed by atoms with Crippen LogP contribution in [0.1, 0.15) is 25.7 Å². The second kappa shape index (κ2) is 6.50. The number of ether oxygens (including phenoxy) is 1. The van der Waals surface area contributed by atoms with E-state index in [1.807, 2.05) is 0 Å². The van der Waals surface area contributed by atoms with Gasteiger partial charge in [0.2, 0.25) is 6.41 Å². The molecule has 0 radical (unpaired) electrons. The van der Waals surface area contributed by atoms with E-state index in [0.29, 0.717) is 19.1 Å². The Morgan fingerprint density at radius 3 is 2.61 bits per heavy atom. The smallest absolute Gasteiger partial charge is 0.207 e. The first-order chi connectivity index (χ1) is 8.72. The third-order valence-corrected chi connectivity index (χ3v) is 4.14. The van der Waals surface area contributed by atoms with Crippen LogP contribution in [0.15, 0.2) is 0 Å². The molecule has 2 aliphatic heterocycles. The fourth-order valence-corrected chi connectivity index (χ4v) is 2.89. The van der Waals surface area contributed by atoms with Crippen molar-refractivity contribution in [1.29, 1.82) is 0 Å². The number of nitrogens with one attached hydrogen (secondary N) is 1. The van der Waals surface area contributed by atoms with Crippen molar-refractivity contribution in [3.8, 4) is 0 Å². The van der Waals surface area contributed by atoms with E-state index >= 15 is 0 Å². The van der Waals surface area contributed by atoms with Gasteiger partial charge in [-0.3, -0.25) is 4.79 Å². The second-order valence-electron chi connectivity index (χ2n) is 5.58. The molecule has 5 nitrogen and oxygen atoms in total. The minimum atomic E-state index is -0.549. The number of carbonyl (C=O) groups is 1. The first-order valence-electron chi connectivity index (χ1n) is 6.91. The average Bonchev–Trinajstić information content (AvgIpc) is 2.38. The molecule has 0 atom stereocenters. The summed E-state index contributed by atoms with van der Waals surface area (Å²) < 4.78 is 5.30. The van der Waals surface area contributed by atoms with Gasteiger partial charge < -0.3 is 20.1 Å². The lowest BCUT2D eigenvalue weighted by molar-refractivity contribution is -0.109. The standard InChI is InChI=1S/C13H24N2O3/c16-11-14-9-12-1-5-15(6-2-12)10-13(17)3-7-18-8-4-13/h11-12,17H,1-10H2,(H,14,16). The maximum atomic E-state index is 10.5. The fraction of sp³-hybridized carbons (Fsp3) is 0.923. The molecule has 0 aromatic rings. The maximum absolute atomic E-state index is 10.5. The summed E-state index contributed by atoms with van der Waals surface area (Å²) in [6.07, 6.45) is 4.48. The Kier molecular flexibility index (Phi) is 4.97.